The van der Waals surface area contributed by atoms with E-state index in [1.807, 2.05) is 32.0 Å². The van der Waals surface area contributed by atoms with Gasteiger partial charge in [0.05, 0.1) is 0 Å². The van der Waals surface area contributed by atoms with Crippen molar-refractivity contribution in [1.82, 2.24) is 4.57 Å². The van der Waals surface area contributed by atoms with Crippen molar-refractivity contribution >= 4 is 16.9 Å². The Hall–Kier alpha value is -1.81. The van der Waals surface area contributed by atoms with Gasteiger partial charge in [-0.15, -0.1) is 0 Å². The molecule has 2 N–H and O–H groups in total. The molecule has 1 aromatic heterocycles. The fourth-order valence-corrected chi connectivity index (χ4v) is 2.37. The van der Waals surface area contributed by atoms with Gasteiger partial charge in [-0.05, 0) is 38.0 Å². The van der Waals surface area contributed by atoms with Gasteiger partial charge in [-0.25, -0.2) is 4.79 Å². The topological polar surface area (TPSA) is 62.5 Å². The van der Waals surface area contributed by atoms with Gasteiger partial charge in [0.1, 0.15) is 5.69 Å². The number of rotatable bonds is 4. The number of aromatic carboxylic acids is 1. The van der Waals surface area contributed by atoms with Crippen LogP contribution in [0.15, 0.2) is 18.2 Å². The Bertz CT molecular complexity index is 599. The molecule has 0 aliphatic carbocycles. The first-order valence-electron chi connectivity index (χ1n) is 6.00. The number of aromatic nitrogens is 1. The molecule has 4 heteroatoms. The van der Waals surface area contributed by atoms with Gasteiger partial charge < -0.3 is 14.8 Å². The Labute approximate surface area is 105 Å². The molecule has 0 amide bonds. The number of carboxylic acid groups (broad SMARTS) is 1. The Kier molecular flexibility index (Phi) is 3.39. The number of carbonyl (C=O) groups is 1. The Morgan fingerprint density at radius 2 is 2.06 bits per heavy atom. The molecule has 0 radical (unpaired) electrons. The summed E-state index contributed by atoms with van der Waals surface area (Å²) in [5.74, 6) is -0.917. The highest BCUT2D eigenvalue weighted by Gasteiger charge is 2.19. The normalized spacial score (nSPS) is 11.1. The van der Waals surface area contributed by atoms with Crippen LogP contribution in [-0.2, 0) is 6.54 Å². The lowest BCUT2D eigenvalue weighted by Gasteiger charge is -2.07. The molecule has 1 aromatic carbocycles. The van der Waals surface area contributed by atoms with Gasteiger partial charge in [0, 0.05) is 24.1 Å². The van der Waals surface area contributed by atoms with Gasteiger partial charge >= 0.3 is 5.97 Å². The zero-order chi connectivity index (χ0) is 13.3. The van der Waals surface area contributed by atoms with E-state index in [0.29, 0.717) is 18.7 Å². The van der Waals surface area contributed by atoms with E-state index < -0.39 is 5.97 Å². The Morgan fingerprint density at radius 3 is 2.67 bits per heavy atom. The van der Waals surface area contributed by atoms with E-state index in [0.717, 1.165) is 22.0 Å². The van der Waals surface area contributed by atoms with Gasteiger partial charge in [0.15, 0.2) is 0 Å². The largest absolute Gasteiger partial charge is 0.477 e. The minimum atomic E-state index is -0.917. The van der Waals surface area contributed by atoms with Crippen LogP contribution in [0.2, 0.25) is 0 Å². The van der Waals surface area contributed by atoms with Crippen molar-refractivity contribution in [2.45, 2.75) is 26.8 Å². The summed E-state index contributed by atoms with van der Waals surface area (Å²) < 4.78 is 1.78. The van der Waals surface area contributed by atoms with Crippen molar-refractivity contribution in [3.05, 3.63) is 35.0 Å². The van der Waals surface area contributed by atoms with Crippen LogP contribution in [0, 0.1) is 13.8 Å². The number of hydrogen-bond donors (Lipinski definition) is 2. The molecule has 4 nitrogen and oxygen atoms in total. The smallest absolute Gasteiger partial charge is 0.352 e. The Balaban J connectivity index is 2.70. The summed E-state index contributed by atoms with van der Waals surface area (Å²) in [6.45, 7) is 4.40. The van der Waals surface area contributed by atoms with E-state index in [4.69, 9.17) is 5.11 Å². The molecule has 2 aromatic rings. The molecule has 2 rings (SSSR count). The summed E-state index contributed by atoms with van der Waals surface area (Å²) >= 11 is 0. The second-order valence-corrected chi connectivity index (χ2v) is 4.53. The number of hydrogen-bond acceptors (Lipinski definition) is 2. The second-order valence-electron chi connectivity index (χ2n) is 4.53. The predicted molar refractivity (Wildman–Crippen MR) is 70.1 cm³/mol. The van der Waals surface area contributed by atoms with Crippen molar-refractivity contribution in [1.29, 1.82) is 0 Å². The van der Waals surface area contributed by atoms with E-state index in [2.05, 4.69) is 0 Å². The van der Waals surface area contributed by atoms with E-state index in [1.165, 1.54) is 0 Å². The first-order chi connectivity index (χ1) is 8.56. The van der Waals surface area contributed by atoms with Crippen LogP contribution < -0.4 is 0 Å². The lowest BCUT2D eigenvalue weighted by molar-refractivity contribution is 0.0684. The summed E-state index contributed by atoms with van der Waals surface area (Å²) in [6, 6.07) is 5.93. The van der Waals surface area contributed by atoms with E-state index in [-0.39, 0.29) is 6.61 Å². The maximum atomic E-state index is 11.4. The molecule has 0 fully saturated rings. The summed E-state index contributed by atoms with van der Waals surface area (Å²) in [4.78, 5) is 11.4. The van der Waals surface area contributed by atoms with Gasteiger partial charge in [-0.1, -0.05) is 11.6 Å². The zero-order valence-electron chi connectivity index (χ0n) is 10.6. The molecule has 0 aliphatic heterocycles. The molecule has 0 spiro atoms. The number of aliphatic hydroxyl groups is 1. The van der Waals surface area contributed by atoms with Crippen molar-refractivity contribution in [2.75, 3.05) is 6.61 Å². The van der Waals surface area contributed by atoms with Crippen LogP contribution in [0.1, 0.15) is 28.0 Å². The lowest BCUT2D eigenvalue weighted by Crippen LogP contribution is -2.10. The van der Waals surface area contributed by atoms with Crippen molar-refractivity contribution < 1.29 is 15.0 Å². The molecular formula is C14H17NO3. The van der Waals surface area contributed by atoms with Crippen LogP contribution in [0.3, 0.4) is 0 Å². The van der Waals surface area contributed by atoms with Crippen molar-refractivity contribution in [2.24, 2.45) is 0 Å². The number of aryl methyl sites for hydroxylation is 3. The van der Waals surface area contributed by atoms with E-state index in [9.17, 15) is 9.90 Å². The number of fused-ring (bicyclic) bond motifs is 1. The average molecular weight is 247 g/mol. The monoisotopic (exact) mass is 247 g/mol. The van der Waals surface area contributed by atoms with Crippen molar-refractivity contribution in [3.63, 3.8) is 0 Å². The number of aliphatic hydroxyl groups excluding tert-OH is 1. The van der Waals surface area contributed by atoms with E-state index >= 15 is 0 Å². The lowest BCUT2D eigenvalue weighted by atomic mass is 10.1. The highest BCUT2D eigenvalue weighted by molar-refractivity contribution is 5.98. The maximum Gasteiger partial charge on any atom is 0.352 e. The van der Waals surface area contributed by atoms with Crippen LogP contribution in [0.4, 0.5) is 0 Å². The number of carboxylic acids is 1. The standard InChI is InChI=1S/C14H17NO3/c1-9-4-5-12-11(8-9)10(2)13(14(17)18)15(12)6-3-7-16/h4-5,8,16H,3,6-7H2,1-2H3,(H,17,18). The van der Waals surface area contributed by atoms with Gasteiger partial charge in [0.2, 0.25) is 0 Å². The van der Waals surface area contributed by atoms with Crippen molar-refractivity contribution in [3.8, 4) is 0 Å². The molecule has 96 valence electrons. The Morgan fingerprint density at radius 1 is 1.33 bits per heavy atom. The molecule has 1 heterocycles. The van der Waals surface area contributed by atoms with Gasteiger partial charge in [-0.2, -0.15) is 0 Å². The molecule has 0 atom stereocenters. The predicted octanol–water partition coefficient (Wildman–Crippen LogP) is 2.34. The molecule has 18 heavy (non-hydrogen) atoms. The van der Waals surface area contributed by atoms with Crippen LogP contribution >= 0.6 is 0 Å². The molecule has 0 saturated heterocycles. The quantitative estimate of drug-likeness (QED) is 0.871. The molecule has 0 unspecified atom stereocenters. The molecule has 0 saturated carbocycles. The minimum absolute atomic E-state index is 0.0592. The first kappa shape index (κ1) is 12.6. The minimum Gasteiger partial charge on any atom is -0.477 e. The molecule has 0 bridgehead atoms. The number of benzene rings is 1. The first-order valence-corrected chi connectivity index (χ1v) is 6.00. The second kappa shape index (κ2) is 4.82. The zero-order valence-corrected chi connectivity index (χ0v) is 10.6. The van der Waals surface area contributed by atoms with Crippen LogP contribution in [0.25, 0.3) is 10.9 Å². The highest BCUT2D eigenvalue weighted by Crippen LogP contribution is 2.27. The third-order valence-corrected chi connectivity index (χ3v) is 3.21. The van der Waals surface area contributed by atoms with Crippen LogP contribution in [-0.4, -0.2) is 27.4 Å². The number of nitrogens with zero attached hydrogens (tertiary/aromatic N) is 1. The third-order valence-electron chi connectivity index (χ3n) is 3.21. The molecular weight excluding hydrogens is 230 g/mol. The highest BCUT2D eigenvalue weighted by atomic mass is 16.4. The average Bonchev–Trinajstić information content (AvgIpc) is 2.59. The van der Waals surface area contributed by atoms with E-state index in [1.54, 1.807) is 4.57 Å². The van der Waals surface area contributed by atoms with Crippen LogP contribution in [0.5, 0.6) is 0 Å². The third kappa shape index (κ3) is 1.99. The fourth-order valence-electron chi connectivity index (χ4n) is 2.37. The van der Waals surface area contributed by atoms with Gasteiger partial charge in [0.25, 0.3) is 0 Å². The fraction of sp³-hybridized carbons (Fsp3) is 0.357. The summed E-state index contributed by atoms with van der Waals surface area (Å²) in [5.41, 5.74) is 3.15. The summed E-state index contributed by atoms with van der Waals surface area (Å²) in [7, 11) is 0. The molecule has 0 aliphatic rings. The summed E-state index contributed by atoms with van der Waals surface area (Å²) in [5, 5.41) is 19.2. The summed E-state index contributed by atoms with van der Waals surface area (Å²) in [6.07, 6.45) is 0.553. The SMILES string of the molecule is Cc1ccc2c(c1)c(C)c(C(=O)O)n2CCCO. The maximum absolute atomic E-state index is 11.4. The van der Waals surface area contributed by atoms with Gasteiger partial charge in [-0.3, -0.25) is 0 Å².